The number of hydrogen-bond acceptors (Lipinski definition) is 4. The van der Waals surface area contributed by atoms with Crippen LogP contribution in [-0.2, 0) is 22.6 Å². The van der Waals surface area contributed by atoms with Gasteiger partial charge in [0.25, 0.3) is 0 Å². The van der Waals surface area contributed by atoms with Crippen LogP contribution in [0.2, 0.25) is 0 Å². The van der Waals surface area contributed by atoms with E-state index in [2.05, 4.69) is 44.8 Å². The number of benzene rings is 1. The Balaban J connectivity index is 1.32. The van der Waals surface area contributed by atoms with Gasteiger partial charge in [0.05, 0.1) is 25.9 Å². The SMILES string of the molecule is CN=C(NCCOC1CCCCCC1)NCc1ccc(CN2CCOCC2)cc1. The van der Waals surface area contributed by atoms with Crippen molar-refractivity contribution in [3.05, 3.63) is 35.4 Å². The largest absolute Gasteiger partial charge is 0.379 e. The van der Waals surface area contributed by atoms with Gasteiger partial charge in [-0.1, -0.05) is 49.9 Å². The molecule has 6 heteroatoms. The molecule has 2 aliphatic rings. The highest BCUT2D eigenvalue weighted by Crippen LogP contribution is 2.19. The molecule has 1 saturated heterocycles. The van der Waals surface area contributed by atoms with Crippen LogP contribution < -0.4 is 10.6 Å². The minimum Gasteiger partial charge on any atom is -0.379 e. The molecular weight excluding hydrogens is 364 g/mol. The van der Waals surface area contributed by atoms with Gasteiger partial charge in [0.2, 0.25) is 0 Å². The molecule has 1 aliphatic heterocycles. The molecule has 162 valence electrons. The van der Waals surface area contributed by atoms with Gasteiger partial charge < -0.3 is 20.1 Å². The summed E-state index contributed by atoms with van der Waals surface area (Å²) in [4.78, 5) is 6.76. The van der Waals surface area contributed by atoms with Gasteiger partial charge >= 0.3 is 0 Å². The molecular formula is C23H38N4O2. The van der Waals surface area contributed by atoms with Crippen LogP contribution in [0.3, 0.4) is 0 Å². The van der Waals surface area contributed by atoms with Gasteiger partial charge in [0.15, 0.2) is 5.96 Å². The number of guanidine groups is 1. The minimum absolute atomic E-state index is 0.449. The summed E-state index contributed by atoms with van der Waals surface area (Å²) in [7, 11) is 1.81. The number of nitrogens with one attached hydrogen (secondary N) is 2. The first-order chi connectivity index (χ1) is 14.3. The lowest BCUT2D eigenvalue weighted by molar-refractivity contribution is 0.0342. The van der Waals surface area contributed by atoms with Crippen molar-refractivity contribution in [2.75, 3.05) is 46.5 Å². The normalized spacial score (nSPS) is 19.7. The highest BCUT2D eigenvalue weighted by atomic mass is 16.5. The maximum absolute atomic E-state index is 6.04. The van der Waals surface area contributed by atoms with E-state index in [0.29, 0.717) is 6.10 Å². The average Bonchev–Trinajstić information content (AvgIpc) is 3.04. The van der Waals surface area contributed by atoms with Gasteiger partial charge in [-0.25, -0.2) is 0 Å². The Bertz CT molecular complexity index is 591. The average molecular weight is 403 g/mol. The Hall–Kier alpha value is -1.63. The highest BCUT2D eigenvalue weighted by molar-refractivity contribution is 5.79. The molecule has 1 heterocycles. The number of ether oxygens (including phenoxy) is 2. The van der Waals surface area contributed by atoms with E-state index < -0.39 is 0 Å². The standard InChI is InChI=1S/C23H38N4O2/c1-24-23(25-12-15-29-22-6-4-2-3-5-7-22)26-18-20-8-10-21(11-9-20)19-27-13-16-28-17-14-27/h8-11,22H,2-7,12-19H2,1H3,(H2,24,25,26). The molecule has 1 saturated carbocycles. The number of rotatable bonds is 8. The van der Waals surface area contributed by atoms with E-state index in [1.54, 1.807) is 0 Å². The van der Waals surface area contributed by atoms with Crippen LogP contribution in [0.4, 0.5) is 0 Å². The molecule has 0 bridgehead atoms. The summed E-state index contributed by atoms with van der Waals surface area (Å²) in [6.45, 7) is 7.03. The highest BCUT2D eigenvalue weighted by Gasteiger charge is 2.12. The van der Waals surface area contributed by atoms with E-state index in [1.807, 2.05) is 7.05 Å². The molecule has 3 rings (SSSR count). The molecule has 0 spiro atoms. The van der Waals surface area contributed by atoms with Crippen molar-refractivity contribution in [2.24, 2.45) is 4.99 Å². The van der Waals surface area contributed by atoms with Crippen molar-refractivity contribution < 1.29 is 9.47 Å². The first-order valence-electron chi connectivity index (χ1n) is 11.3. The lowest BCUT2D eigenvalue weighted by atomic mass is 10.1. The predicted octanol–water partition coefficient (Wildman–Crippen LogP) is 2.92. The number of nitrogens with zero attached hydrogens (tertiary/aromatic N) is 2. The molecule has 1 aliphatic carbocycles. The van der Waals surface area contributed by atoms with Gasteiger partial charge in [-0.05, 0) is 24.0 Å². The molecule has 1 aromatic rings. The van der Waals surface area contributed by atoms with Gasteiger partial charge in [0, 0.05) is 39.8 Å². The Morgan fingerprint density at radius 1 is 1.03 bits per heavy atom. The van der Waals surface area contributed by atoms with Crippen molar-refractivity contribution in [2.45, 2.75) is 57.7 Å². The molecule has 6 nitrogen and oxygen atoms in total. The summed E-state index contributed by atoms with van der Waals surface area (Å²) in [6, 6.07) is 8.85. The summed E-state index contributed by atoms with van der Waals surface area (Å²) in [5.74, 6) is 0.826. The smallest absolute Gasteiger partial charge is 0.191 e. The molecule has 2 fully saturated rings. The second kappa shape index (κ2) is 12.8. The van der Waals surface area contributed by atoms with Crippen LogP contribution in [-0.4, -0.2) is 63.5 Å². The van der Waals surface area contributed by atoms with Crippen LogP contribution in [0, 0.1) is 0 Å². The maximum Gasteiger partial charge on any atom is 0.191 e. The molecule has 0 atom stereocenters. The van der Waals surface area contributed by atoms with Crippen LogP contribution >= 0.6 is 0 Å². The van der Waals surface area contributed by atoms with E-state index in [0.717, 1.165) is 58.5 Å². The van der Waals surface area contributed by atoms with Crippen molar-refractivity contribution in [3.8, 4) is 0 Å². The lowest BCUT2D eigenvalue weighted by Gasteiger charge is -2.26. The zero-order valence-electron chi connectivity index (χ0n) is 18.0. The maximum atomic E-state index is 6.04. The number of hydrogen-bond donors (Lipinski definition) is 2. The van der Waals surface area contributed by atoms with E-state index in [-0.39, 0.29) is 0 Å². The summed E-state index contributed by atoms with van der Waals surface area (Å²) in [5, 5.41) is 6.75. The van der Waals surface area contributed by atoms with Gasteiger partial charge in [-0.2, -0.15) is 0 Å². The second-order valence-corrected chi connectivity index (χ2v) is 8.04. The molecule has 0 unspecified atom stereocenters. The third-order valence-electron chi connectivity index (χ3n) is 5.77. The zero-order valence-corrected chi connectivity index (χ0v) is 18.0. The number of aliphatic imine (C=N–C) groups is 1. The van der Waals surface area contributed by atoms with Crippen molar-refractivity contribution in [3.63, 3.8) is 0 Å². The summed E-state index contributed by atoms with van der Waals surface area (Å²) in [5.41, 5.74) is 2.61. The monoisotopic (exact) mass is 402 g/mol. The van der Waals surface area contributed by atoms with Gasteiger partial charge in [0.1, 0.15) is 0 Å². The van der Waals surface area contributed by atoms with Crippen LogP contribution in [0.5, 0.6) is 0 Å². The molecule has 0 radical (unpaired) electrons. The lowest BCUT2D eigenvalue weighted by Crippen LogP contribution is -2.39. The minimum atomic E-state index is 0.449. The van der Waals surface area contributed by atoms with Crippen molar-refractivity contribution in [1.82, 2.24) is 15.5 Å². The Labute approximate surface area is 176 Å². The fraction of sp³-hybridized carbons (Fsp3) is 0.696. The first kappa shape index (κ1) is 22.1. The van der Waals surface area contributed by atoms with E-state index in [4.69, 9.17) is 9.47 Å². The fourth-order valence-corrected chi connectivity index (χ4v) is 3.99. The Morgan fingerprint density at radius 2 is 1.72 bits per heavy atom. The molecule has 29 heavy (non-hydrogen) atoms. The quantitative estimate of drug-likeness (QED) is 0.303. The third kappa shape index (κ3) is 8.33. The van der Waals surface area contributed by atoms with Crippen LogP contribution in [0.1, 0.15) is 49.7 Å². The molecule has 1 aromatic carbocycles. The first-order valence-corrected chi connectivity index (χ1v) is 11.3. The van der Waals surface area contributed by atoms with E-state index in [9.17, 15) is 0 Å². The Kier molecular flexibility index (Phi) is 9.76. The van der Waals surface area contributed by atoms with Gasteiger partial charge in [-0.15, -0.1) is 0 Å². The summed E-state index contributed by atoms with van der Waals surface area (Å²) in [6.07, 6.45) is 8.23. The summed E-state index contributed by atoms with van der Waals surface area (Å²) < 4.78 is 11.5. The van der Waals surface area contributed by atoms with Crippen LogP contribution in [0.25, 0.3) is 0 Å². The summed E-state index contributed by atoms with van der Waals surface area (Å²) >= 11 is 0. The molecule has 2 N–H and O–H groups in total. The topological polar surface area (TPSA) is 58.1 Å². The third-order valence-corrected chi connectivity index (χ3v) is 5.77. The molecule has 0 aromatic heterocycles. The fourth-order valence-electron chi connectivity index (χ4n) is 3.99. The second-order valence-electron chi connectivity index (χ2n) is 8.04. The molecule has 0 amide bonds. The Morgan fingerprint density at radius 3 is 2.41 bits per heavy atom. The zero-order chi connectivity index (χ0) is 20.2. The van der Waals surface area contributed by atoms with E-state index >= 15 is 0 Å². The predicted molar refractivity (Wildman–Crippen MR) is 118 cm³/mol. The van der Waals surface area contributed by atoms with Gasteiger partial charge in [-0.3, -0.25) is 9.89 Å². The van der Waals surface area contributed by atoms with Crippen molar-refractivity contribution in [1.29, 1.82) is 0 Å². The van der Waals surface area contributed by atoms with Crippen LogP contribution in [0.15, 0.2) is 29.3 Å². The number of morpholine rings is 1. The van der Waals surface area contributed by atoms with E-state index in [1.165, 1.54) is 49.7 Å². The van der Waals surface area contributed by atoms with Crippen molar-refractivity contribution >= 4 is 5.96 Å².